The molecule has 0 aliphatic carbocycles. The van der Waals surface area contributed by atoms with Crippen molar-refractivity contribution in [1.29, 1.82) is 0 Å². The number of rotatable bonds is 10. The molecular weight excluding hydrogens is 572 g/mol. The van der Waals surface area contributed by atoms with E-state index < -0.39 is 11.8 Å². The third-order valence-corrected chi connectivity index (χ3v) is 6.87. The maximum atomic E-state index is 13.3. The molecule has 0 unspecified atom stereocenters. The molecule has 0 bridgehead atoms. The summed E-state index contributed by atoms with van der Waals surface area (Å²) in [6, 6.07) is 29.4. The molecule has 0 aliphatic rings. The molecule has 4 rings (SSSR count). The predicted octanol–water partition coefficient (Wildman–Crippen LogP) is 6.44. The van der Waals surface area contributed by atoms with E-state index >= 15 is 0 Å². The average Bonchev–Trinajstić information content (AvgIpc) is 2.97. The molecule has 0 aliphatic heterocycles. The van der Waals surface area contributed by atoms with Crippen molar-refractivity contribution in [2.75, 3.05) is 21.7 Å². The lowest BCUT2D eigenvalue weighted by molar-refractivity contribution is -0.114. The number of nitrogens with one attached hydrogen (secondary N) is 4. The number of carbonyl (C=O) groups is 4. The van der Waals surface area contributed by atoms with Gasteiger partial charge in [-0.15, -0.1) is 11.8 Å². The van der Waals surface area contributed by atoms with Crippen LogP contribution in [0.5, 0.6) is 0 Å². The standard InChI is InChI=1S/C32H27ClN4O4S/c1-21(38)34-25-13-15-26(16-14-25)35-30(39)20-42-28-12-6-11-27(19-28)36-32(41)29(18-22-7-5-10-24(33)17-22)37-31(40)23-8-3-2-4-9-23/h2-19H,20H2,1H3,(H,34,38)(H,35,39)(H,36,41)(H,37,40)/b29-18-. The lowest BCUT2D eigenvalue weighted by atomic mass is 10.1. The second kappa shape index (κ2) is 14.7. The monoisotopic (exact) mass is 598 g/mol. The first-order valence-electron chi connectivity index (χ1n) is 12.8. The van der Waals surface area contributed by atoms with E-state index in [9.17, 15) is 19.2 Å². The number of halogens is 1. The van der Waals surface area contributed by atoms with Gasteiger partial charge in [-0.05, 0) is 78.4 Å². The van der Waals surface area contributed by atoms with E-state index in [1.54, 1.807) is 103 Å². The van der Waals surface area contributed by atoms with Crippen LogP contribution in [0.4, 0.5) is 17.1 Å². The molecule has 4 aromatic rings. The van der Waals surface area contributed by atoms with Crippen LogP contribution < -0.4 is 21.3 Å². The Morgan fingerprint density at radius 3 is 2.12 bits per heavy atom. The van der Waals surface area contributed by atoms with Crippen LogP contribution in [-0.4, -0.2) is 29.4 Å². The topological polar surface area (TPSA) is 116 Å². The SMILES string of the molecule is CC(=O)Nc1ccc(NC(=O)CSc2cccc(NC(=O)/C(=C/c3cccc(Cl)c3)NC(=O)c3ccccc3)c2)cc1. The second-order valence-electron chi connectivity index (χ2n) is 9.01. The molecule has 0 saturated heterocycles. The summed E-state index contributed by atoms with van der Waals surface area (Å²) in [6.45, 7) is 1.42. The molecule has 4 N–H and O–H groups in total. The fraction of sp³-hybridized carbons (Fsp3) is 0.0625. The summed E-state index contributed by atoms with van der Waals surface area (Å²) >= 11 is 7.42. The van der Waals surface area contributed by atoms with E-state index in [1.807, 2.05) is 6.07 Å². The number of hydrogen-bond donors (Lipinski definition) is 4. The Kier molecular flexibility index (Phi) is 10.5. The smallest absolute Gasteiger partial charge is 0.272 e. The normalized spacial score (nSPS) is 10.9. The van der Waals surface area contributed by atoms with Gasteiger partial charge in [0.05, 0.1) is 5.75 Å². The third kappa shape index (κ3) is 9.36. The van der Waals surface area contributed by atoms with Crippen LogP contribution in [0.2, 0.25) is 5.02 Å². The van der Waals surface area contributed by atoms with E-state index in [0.717, 1.165) is 4.90 Å². The summed E-state index contributed by atoms with van der Waals surface area (Å²) in [5.74, 6) is -1.21. The zero-order valence-corrected chi connectivity index (χ0v) is 24.1. The van der Waals surface area contributed by atoms with Crippen LogP contribution in [0.25, 0.3) is 6.08 Å². The minimum absolute atomic E-state index is 0.0353. The average molecular weight is 599 g/mol. The molecule has 0 saturated carbocycles. The van der Waals surface area contributed by atoms with Gasteiger partial charge >= 0.3 is 0 Å². The van der Waals surface area contributed by atoms with Crippen LogP contribution >= 0.6 is 23.4 Å². The minimum atomic E-state index is -0.526. The quantitative estimate of drug-likeness (QED) is 0.124. The van der Waals surface area contributed by atoms with Gasteiger partial charge in [0, 0.05) is 39.5 Å². The Morgan fingerprint density at radius 2 is 1.43 bits per heavy atom. The molecule has 212 valence electrons. The van der Waals surface area contributed by atoms with Crippen molar-refractivity contribution in [3.63, 3.8) is 0 Å². The van der Waals surface area contributed by atoms with Crippen LogP contribution in [0.1, 0.15) is 22.8 Å². The van der Waals surface area contributed by atoms with Gasteiger partial charge in [-0.3, -0.25) is 19.2 Å². The highest BCUT2D eigenvalue weighted by atomic mass is 35.5. The van der Waals surface area contributed by atoms with Crippen LogP contribution in [0.3, 0.4) is 0 Å². The molecule has 0 heterocycles. The molecule has 0 spiro atoms. The molecule has 0 radical (unpaired) electrons. The molecule has 42 heavy (non-hydrogen) atoms. The zero-order valence-electron chi connectivity index (χ0n) is 22.5. The Balaban J connectivity index is 1.41. The maximum absolute atomic E-state index is 13.3. The lowest BCUT2D eigenvalue weighted by Gasteiger charge is -2.12. The highest BCUT2D eigenvalue weighted by Gasteiger charge is 2.16. The maximum Gasteiger partial charge on any atom is 0.272 e. The third-order valence-electron chi connectivity index (χ3n) is 5.64. The zero-order chi connectivity index (χ0) is 29.9. The predicted molar refractivity (Wildman–Crippen MR) is 169 cm³/mol. The number of carbonyl (C=O) groups excluding carboxylic acids is 4. The first-order valence-corrected chi connectivity index (χ1v) is 14.2. The Hall–Kier alpha value is -4.86. The van der Waals surface area contributed by atoms with Crippen molar-refractivity contribution in [3.8, 4) is 0 Å². The van der Waals surface area contributed by atoms with Crippen molar-refractivity contribution in [3.05, 3.63) is 125 Å². The van der Waals surface area contributed by atoms with Crippen molar-refractivity contribution < 1.29 is 19.2 Å². The number of thioether (sulfide) groups is 1. The lowest BCUT2D eigenvalue weighted by Crippen LogP contribution is -2.30. The van der Waals surface area contributed by atoms with Gasteiger partial charge in [-0.25, -0.2) is 0 Å². The summed E-state index contributed by atoms with van der Waals surface area (Å²) in [6.07, 6.45) is 1.55. The highest BCUT2D eigenvalue weighted by molar-refractivity contribution is 8.00. The largest absolute Gasteiger partial charge is 0.326 e. The van der Waals surface area contributed by atoms with Crippen molar-refractivity contribution >= 4 is 70.1 Å². The molecular formula is C32H27ClN4O4S. The van der Waals surface area contributed by atoms with Crippen LogP contribution in [0, 0.1) is 0 Å². The van der Waals surface area contributed by atoms with Crippen LogP contribution in [-0.2, 0) is 14.4 Å². The van der Waals surface area contributed by atoms with E-state index in [4.69, 9.17) is 11.6 Å². The molecule has 0 fully saturated rings. The highest BCUT2D eigenvalue weighted by Crippen LogP contribution is 2.23. The fourth-order valence-corrected chi connectivity index (χ4v) is 4.71. The van der Waals surface area contributed by atoms with Gasteiger partial charge in [0.25, 0.3) is 11.8 Å². The Bertz CT molecular complexity index is 1630. The van der Waals surface area contributed by atoms with Crippen molar-refractivity contribution in [2.24, 2.45) is 0 Å². The summed E-state index contributed by atoms with van der Waals surface area (Å²) < 4.78 is 0. The van der Waals surface area contributed by atoms with Gasteiger partial charge in [-0.2, -0.15) is 0 Å². The van der Waals surface area contributed by atoms with Gasteiger partial charge in [0.2, 0.25) is 11.8 Å². The molecule has 10 heteroatoms. The van der Waals surface area contributed by atoms with Gasteiger partial charge in [0.15, 0.2) is 0 Å². The number of anilines is 3. The van der Waals surface area contributed by atoms with E-state index in [-0.39, 0.29) is 23.3 Å². The minimum Gasteiger partial charge on any atom is -0.326 e. The first kappa shape index (κ1) is 30.1. The van der Waals surface area contributed by atoms with Crippen LogP contribution in [0.15, 0.2) is 114 Å². The van der Waals surface area contributed by atoms with E-state index in [2.05, 4.69) is 21.3 Å². The molecule has 0 aromatic heterocycles. The summed E-state index contributed by atoms with van der Waals surface area (Å²) in [7, 11) is 0. The molecule has 8 nitrogen and oxygen atoms in total. The molecule has 0 atom stereocenters. The summed E-state index contributed by atoms with van der Waals surface area (Å²) in [5, 5.41) is 11.5. The van der Waals surface area contributed by atoms with Gasteiger partial charge in [0.1, 0.15) is 5.70 Å². The Labute approximate surface area is 252 Å². The van der Waals surface area contributed by atoms with Gasteiger partial charge in [-0.1, -0.05) is 48.0 Å². The van der Waals surface area contributed by atoms with Crippen molar-refractivity contribution in [1.82, 2.24) is 5.32 Å². The number of amides is 4. The number of hydrogen-bond acceptors (Lipinski definition) is 5. The fourth-order valence-electron chi connectivity index (χ4n) is 3.75. The summed E-state index contributed by atoms with van der Waals surface area (Å²) in [4.78, 5) is 50.6. The number of benzene rings is 4. The first-order chi connectivity index (χ1) is 20.2. The molecule has 4 amide bonds. The van der Waals surface area contributed by atoms with E-state index in [1.165, 1.54) is 18.7 Å². The second-order valence-corrected chi connectivity index (χ2v) is 10.5. The van der Waals surface area contributed by atoms with Crippen molar-refractivity contribution in [2.45, 2.75) is 11.8 Å². The van der Waals surface area contributed by atoms with Gasteiger partial charge < -0.3 is 21.3 Å². The van der Waals surface area contributed by atoms with E-state index in [0.29, 0.717) is 33.2 Å². The Morgan fingerprint density at radius 1 is 0.738 bits per heavy atom. The molecule has 4 aromatic carbocycles. The summed E-state index contributed by atoms with van der Waals surface area (Å²) in [5.41, 5.74) is 2.81.